The molecule has 0 bridgehead atoms. The molecule has 2 unspecified atom stereocenters. The summed E-state index contributed by atoms with van der Waals surface area (Å²) in [5, 5.41) is 21.4. The number of nitriles is 1. The third-order valence-corrected chi connectivity index (χ3v) is 3.49. The van der Waals surface area contributed by atoms with Crippen molar-refractivity contribution in [1.29, 1.82) is 5.26 Å². The lowest BCUT2D eigenvalue weighted by atomic mass is 9.90. The van der Waals surface area contributed by atoms with Crippen LogP contribution in [0.1, 0.15) is 33.1 Å². The standard InChI is InChI=1S/C14H27N3O/c1-12(2)9-16-14-8-13(4-3-7-18)10-17(11-14)6-5-15/h12-14,16,18H,3-4,6-11H2,1-2H3. The summed E-state index contributed by atoms with van der Waals surface area (Å²) in [5.74, 6) is 1.27. The van der Waals surface area contributed by atoms with Crippen LogP contribution in [0.4, 0.5) is 0 Å². The van der Waals surface area contributed by atoms with Gasteiger partial charge in [0.25, 0.3) is 0 Å². The smallest absolute Gasteiger partial charge is 0.0866 e. The maximum atomic E-state index is 8.93. The Kier molecular flexibility index (Phi) is 7.26. The van der Waals surface area contributed by atoms with Gasteiger partial charge in [-0.25, -0.2) is 0 Å². The number of hydrogen-bond acceptors (Lipinski definition) is 4. The minimum absolute atomic E-state index is 0.277. The predicted octanol–water partition coefficient (Wildman–Crippen LogP) is 1.22. The van der Waals surface area contributed by atoms with Crippen molar-refractivity contribution in [3.05, 3.63) is 0 Å². The van der Waals surface area contributed by atoms with Gasteiger partial charge in [-0.1, -0.05) is 13.8 Å². The first-order chi connectivity index (χ1) is 8.65. The topological polar surface area (TPSA) is 59.3 Å². The van der Waals surface area contributed by atoms with E-state index in [1.807, 2.05) is 0 Å². The largest absolute Gasteiger partial charge is 0.396 e. The van der Waals surface area contributed by atoms with Crippen LogP contribution in [-0.4, -0.2) is 48.8 Å². The fourth-order valence-electron chi connectivity index (χ4n) is 2.67. The summed E-state index contributed by atoms with van der Waals surface area (Å²) in [6.07, 6.45) is 3.12. The van der Waals surface area contributed by atoms with Gasteiger partial charge in [0.2, 0.25) is 0 Å². The summed E-state index contributed by atoms with van der Waals surface area (Å²) in [4.78, 5) is 2.24. The third-order valence-electron chi connectivity index (χ3n) is 3.49. The fraction of sp³-hybridized carbons (Fsp3) is 0.929. The van der Waals surface area contributed by atoms with Crippen molar-refractivity contribution in [3.8, 4) is 6.07 Å². The molecule has 0 radical (unpaired) electrons. The van der Waals surface area contributed by atoms with Crippen LogP contribution < -0.4 is 5.32 Å². The molecule has 1 aliphatic rings. The molecule has 0 aromatic heterocycles. The molecule has 18 heavy (non-hydrogen) atoms. The molecule has 1 rings (SSSR count). The van der Waals surface area contributed by atoms with Gasteiger partial charge in [0.05, 0.1) is 12.6 Å². The van der Waals surface area contributed by atoms with E-state index in [4.69, 9.17) is 10.4 Å². The van der Waals surface area contributed by atoms with Crippen molar-refractivity contribution in [1.82, 2.24) is 10.2 Å². The lowest BCUT2D eigenvalue weighted by Gasteiger charge is -2.37. The van der Waals surface area contributed by atoms with Crippen LogP contribution in [0.15, 0.2) is 0 Å². The molecule has 1 fully saturated rings. The van der Waals surface area contributed by atoms with Gasteiger partial charge in [-0.15, -0.1) is 0 Å². The van der Waals surface area contributed by atoms with E-state index in [1.54, 1.807) is 0 Å². The summed E-state index contributed by atoms with van der Waals surface area (Å²) in [7, 11) is 0. The molecule has 2 atom stereocenters. The van der Waals surface area contributed by atoms with Gasteiger partial charge in [0.15, 0.2) is 0 Å². The fourth-order valence-corrected chi connectivity index (χ4v) is 2.67. The normalized spacial score (nSPS) is 25.3. The molecule has 4 heteroatoms. The summed E-state index contributed by atoms with van der Waals surface area (Å²) < 4.78 is 0. The lowest BCUT2D eigenvalue weighted by molar-refractivity contribution is 0.141. The number of aliphatic hydroxyl groups is 1. The zero-order chi connectivity index (χ0) is 13.4. The number of nitrogens with one attached hydrogen (secondary N) is 1. The number of likely N-dealkylation sites (tertiary alicyclic amines) is 1. The molecule has 0 amide bonds. The van der Waals surface area contributed by atoms with Crippen LogP contribution in [0.2, 0.25) is 0 Å². The molecule has 104 valence electrons. The second-order valence-corrected chi connectivity index (χ2v) is 5.82. The molecule has 2 N–H and O–H groups in total. The maximum absolute atomic E-state index is 8.93. The maximum Gasteiger partial charge on any atom is 0.0866 e. The first kappa shape index (κ1) is 15.4. The molecule has 1 aliphatic heterocycles. The molecule has 1 saturated heterocycles. The Hall–Kier alpha value is -0.630. The molecule has 0 aliphatic carbocycles. The van der Waals surface area contributed by atoms with Crippen molar-refractivity contribution in [2.75, 3.05) is 32.8 Å². The Morgan fingerprint density at radius 3 is 2.83 bits per heavy atom. The Morgan fingerprint density at radius 1 is 1.44 bits per heavy atom. The molecule has 0 saturated carbocycles. The minimum Gasteiger partial charge on any atom is -0.396 e. The van der Waals surface area contributed by atoms with Crippen LogP contribution in [-0.2, 0) is 0 Å². The van der Waals surface area contributed by atoms with Crippen molar-refractivity contribution in [2.24, 2.45) is 11.8 Å². The Bertz CT molecular complexity index is 262. The molecular weight excluding hydrogens is 226 g/mol. The second-order valence-electron chi connectivity index (χ2n) is 5.82. The first-order valence-electron chi connectivity index (χ1n) is 7.09. The zero-order valence-corrected chi connectivity index (χ0v) is 11.7. The van der Waals surface area contributed by atoms with E-state index in [2.05, 4.69) is 30.1 Å². The summed E-state index contributed by atoms with van der Waals surface area (Å²) in [6.45, 7) is 8.26. The van der Waals surface area contributed by atoms with Crippen LogP contribution in [0.3, 0.4) is 0 Å². The van der Waals surface area contributed by atoms with Crippen LogP contribution in [0, 0.1) is 23.2 Å². The number of rotatable bonds is 7. The zero-order valence-electron chi connectivity index (χ0n) is 11.7. The number of aliphatic hydroxyl groups excluding tert-OH is 1. The second kappa shape index (κ2) is 8.47. The average molecular weight is 253 g/mol. The Morgan fingerprint density at radius 2 is 2.22 bits per heavy atom. The summed E-state index contributed by atoms with van der Waals surface area (Å²) in [5.41, 5.74) is 0. The monoisotopic (exact) mass is 253 g/mol. The molecule has 0 aromatic rings. The molecular formula is C14H27N3O. The number of hydrogen-bond donors (Lipinski definition) is 2. The minimum atomic E-state index is 0.277. The quantitative estimate of drug-likeness (QED) is 0.670. The van der Waals surface area contributed by atoms with E-state index >= 15 is 0 Å². The Labute approximate surface area is 111 Å². The van der Waals surface area contributed by atoms with Gasteiger partial charge in [-0.2, -0.15) is 5.26 Å². The van der Waals surface area contributed by atoms with E-state index in [1.165, 1.54) is 6.42 Å². The van der Waals surface area contributed by atoms with Crippen LogP contribution in [0.25, 0.3) is 0 Å². The van der Waals surface area contributed by atoms with Crippen LogP contribution >= 0.6 is 0 Å². The van der Waals surface area contributed by atoms with Crippen molar-refractivity contribution in [3.63, 3.8) is 0 Å². The Balaban J connectivity index is 2.43. The highest BCUT2D eigenvalue weighted by molar-refractivity contribution is 4.88. The highest BCUT2D eigenvalue weighted by Crippen LogP contribution is 2.21. The highest BCUT2D eigenvalue weighted by atomic mass is 16.2. The molecule has 0 spiro atoms. The number of piperidine rings is 1. The van der Waals surface area contributed by atoms with E-state index in [-0.39, 0.29) is 6.61 Å². The van der Waals surface area contributed by atoms with Gasteiger partial charge < -0.3 is 10.4 Å². The summed E-state index contributed by atoms with van der Waals surface area (Å²) >= 11 is 0. The SMILES string of the molecule is CC(C)CNC1CC(CCCO)CN(CC#N)C1. The average Bonchev–Trinajstić information content (AvgIpc) is 2.34. The van der Waals surface area contributed by atoms with Gasteiger partial charge in [-0.3, -0.25) is 4.90 Å². The van der Waals surface area contributed by atoms with Gasteiger partial charge in [0.1, 0.15) is 0 Å². The summed E-state index contributed by atoms with van der Waals surface area (Å²) in [6, 6.07) is 2.75. The van der Waals surface area contributed by atoms with Gasteiger partial charge in [-0.05, 0) is 37.6 Å². The van der Waals surface area contributed by atoms with Gasteiger partial charge >= 0.3 is 0 Å². The van der Waals surface area contributed by atoms with E-state index in [0.29, 0.717) is 24.4 Å². The molecule has 4 nitrogen and oxygen atoms in total. The first-order valence-corrected chi connectivity index (χ1v) is 7.09. The van der Waals surface area contributed by atoms with Crippen LogP contribution in [0.5, 0.6) is 0 Å². The highest BCUT2D eigenvalue weighted by Gasteiger charge is 2.26. The third kappa shape index (κ3) is 5.81. The lowest BCUT2D eigenvalue weighted by Crippen LogP contribution is -2.50. The van der Waals surface area contributed by atoms with Crippen molar-refractivity contribution in [2.45, 2.75) is 39.2 Å². The predicted molar refractivity (Wildman–Crippen MR) is 73.1 cm³/mol. The molecule has 0 aromatic carbocycles. The van der Waals surface area contributed by atoms with E-state index in [9.17, 15) is 0 Å². The van der Waals surface area contributed by atoms with E-state index < -0.39 is 0 Å². The van der Waals surface area contributed by atoms with Gasteiger partial charge in [0, 0.05) is 25.7 Å². The number of nitrogens with zero attached hydrogens (tertiary/aromatic N) is 2. The molecule has 1 heterocycles. The van der Waals surface area contributed by atoms with Crippen molar-refractivity contribution >= 4 is 0 Å². The van der Waals surface area contributed by atoms with E-state index in [0.717, 1.165) is 32.5 Å². The van der Waals surface area contributed by atoms with Crippen molar-refractivity contribution < 1.29 is 5.11 Å².